The Labute approximate surface area is 127 Å². The van der Waals surface area contributed by atoms with E-state index in [2.05, 4.69) is 56.9 Å². The van der Waals surface area contributed by atoms with E-state index < -0.39 is 0 Å². The van der Waals surface area contributed by atoms with Crippen molar-refractivity contribution in [3.05, 3.63) is 0 Å². The Hall–Kier alpha value is -0.120. The van der Waals surface area contributed by atoms with Crippen molar-refractivity contribution in [2.24, 2.45) is 5.41 Å². The first-order chi connectivity index (χ1) is 9.36. The molecule has 0 aromatic heterocycles. The molecule has 0 aromatic carbocycles. The monoisotopic (exact) mass is 283 g/mol. The van der Waals surface area contributed by atoms with Crippen molar-refractivity contribution >= 4 is 0 Å². The third kappa shape index (κ3) is 6.11. The molecule has 1 fully saturated rings. The molecule has 0 spiro atoms. The molecule has 0 aromatic rings. The molecule has 0 saturated carbocycles. The van der Waals surface area contributed by atoms with Crippen LogP contribution in [0.1, 0.15) is 53.4 Å². The Morgan fingerprint density at radius 2 is 2.05 bits per heavy atom. The van der Waals surface area contributed by atoms with Crippen molar-refractivity contribution in [2.75, 3.05) is 40.3 Å². The molecule has 1 saturated heterocycles. The minimum atomic E-state index is 0.410. The van der Waals surface area contributed by atoms with Gasteiger partial charge in [0, 0.05) is 31.7 Å². The van der Waals surface area contributed by atoms with Crippen LogP contribution in [0, 0.1) is 5.41 Å². The Bertz CT molecular complexity index is 265. The van der Waals surface area contributed by atoms with E-state index in [1.165, 1.54) is 45.3 Å². The van der Waals surface area contributed by atoms with Crippen molar-refractivity contribution in [2.45, 2.75) is 65.5 Å². The summed E-state index contributed by atoms with van der Waals surface area (Å²) in [4.78, 5) is 5.10. The lowest BCUT2D eigenvalue weighted by molar-refractivity contribution is 0.0846. The fourth-order valence-electron chi connectivity index (χ4n) is 3.41. The molecule has 3 heteroatoms. The first kappa shape index (κ1) is 17.9. The van der Waals surface area contributed by atoms with Crippen LogP contribution in [0.2, 0.25) is 0 Å². The highest BCUT2D eigenvalue weighted by Gasteiger charge is 2.29. The van der Waals surface area contributed by atoms with Crippen LogP contribution in [0.4, 0.5) is 0 Å². The number of likely N-dealkylation sites (N-methyl/N-ethyl adjacent to an activating group) is 1. The maximum Gasteiger partial charge on any atom is 0.0217 e. The fourth-order valence-corrected chi connectivity index (χ4v) is 3.41. The van der Waals surface area contributed by atoms with Crippen molar-refractivity contribution in [3.63, 3.8) is 0 Å². The average molecular weight is 284 g/mol. The van der Waals surface area contributed by atoms with E-state index in [-0.39, 0.29) is 0 Å². The second-order valence-corrected chi connectivity index (χ2v) is 7.59. The van der Waals surface area contributed by atoms with Crippen molar-refractivity contribution in [1.29, 1.82) is 0 Å². The van der Waals surface area contributed by atoms with E-state index in [9.17, 15) is 0 Å². The minimum absolute atomic E-state index is 0.410. The van der Waals surface area contributed by atoms with Gasteiger partial charge in [-0.2, -0.15) is 0 Å². The normalized spacial score (nSPS) is 24.3. The molecule has 2 unspecified atom stereocenters. The SMILES string of the molecule is CCCC(C)(CNC(C)C)CN1CCCC(N(C)C)C1. The van der Waals surface area contributed by atoms with E-state index in [0.29, 0.717) is 11.5 Å². The van der Waals surface area contributed by atoms with Crippen LogP contribution in [0.3, 0.4) is 0 Å². The Balaban J connectivity index is 2.55. The summed E-state index contributed by atoms with van der Waals surface area (Å²) in [6.45, 7) is 14.2. The average Bonchev–Trinajstić information content (AvgIpc) is 2.37. The van der Waals surface area contributed by atoms with Crippen molar-refractivity contribution in [1.82, 2.24) is 15.1 Å². The van der Waals surface area contributed by atoms with Gasteiger partial charge in [-0.15, -0.1) is 0 Å². The molecule has 1 N–H and O–H groups in total. The van der Waals surface area contributed by atoms with Gasteiger partial charge in [0.25, 0.3) is 0 Å². The van der Waals surface area contributed by atoms with Crippen LogP contribution < -0.4 is 5.32 Å². The number of piperidine rings is 1. The van der Waals surface area contributed by atoms with Gasteiger partial charge in [-0.05, 0) is 45.3 Å². The number of hydrogen-bond acceptors (Lipinski definition) is 3. The van der Waals surface area contributed by atoms with E-state index in [1.807, 2.05) is 0 Å². The summed E-state index contributed by atoms with van der Waals surface area (Å²) < 4.78 is 0. The van der Waals surface area contributed by atoms with Gasteiger partial charge in [-0.1, -0.05) is 34.1 Å². The standard InChI is InChI=1S/C17H37N3/c1-7-10-17(4,13-18-15(2)3)14-20-11-8-9-16(12-20)19(5)6/h15-16,18H,7-14H2,1-6H3. The third-order valence-electron chi connectivity index (χ3n) is 4.61. The zero-order valence-corrected chi connectivity index (χ0v) is 14.7. The Kier molecular flexibility index (Phi) is 7.49. The molecule has 0 amide bonds. The quantitative estimate of drug-likeness (QED) is 0.739. The summed E-state index contributed by atoms with van der Waals surface area (Å²) >= 11 is 0. The minimum Gasteiger partial charge on any atom is -0.314 e. The smallest absolute Gasteiger partial charge is 0.0217 e. The van der Waals surface area contributed by atoms with Gasteiger partial charge in [-0.3, -0.25) is 0 Å². The van der Waals surface area contributed by atoms with Crippen LogP contribution in [0.5, 0.6) is 0 Å². The number of nitrogens with one attached hydrogen (secondary N) is 1. The maximum absolute atomic E-state index is 3.66. The number of nitrogens with zero attached hydrogens (tertiary/aromatic N) is 2. The molecule has 1 aliphatic rings. The molecule has 20 heavy (non-hydrogen) atoms. The third-order valence-corrected chi connectivity index (χ3v) is 4.61. The predicted octanol–water partition coefficient (Wildman–Crippen LogP) is 2.82. The number of rotatable bonds is 8. The Morgan fingerprint density at radius 1 is 1.35 bits per heavy atom. The zero-order valence-electron chi connectivity index (χ0n) is 14.7. The van der Waals surface area contributed by atoms with Crippen LogP contribution >= 0.6 is 0 Å². The molecule has 2 atom stereocenters. The van der Waals surface area contributed by atoms with E-state index in [0.717, 1.165) is 12.6 Å². The van der Waals surface area contributed by atoms with E-state index >= 15 is 0 Å². The van der Waals surface area contributed by atoms with Crippen molar-refractivity contribution < 1.29 is 0 Å². The molecule has 0 radical (unpaired) electrons. The van der Waals surface area contributed by atoms with E-state index in [1.54, 1.807) is 0 Å². The first-order valence-electron chi connectivity index (χ1n) is 8.48. The topological polar surface area (TPSA) is 18.5 Å². The highest BCUT2D eigenvalue weighted by Crippen LogP contribution is 2.26. The van der Waals surface area contributed by atoms with Crippen LogP contribution in [-0.2, 0) is 0 Å². The van der Waals surface area contributed by atoms with Gasteiger partial charge in [0.1, 0.15) is 0 Å². The van der Waals surface area contributed by atoms with Gasteiger partial charge < -0.3 is 15.1 Å². The summed E-state index contributed by atoms with van der Waals surface area (Å²) in [5, 5.41) is 3.66. The molecule has 1 heterocycles. The van der Waals surface area contributed by atoms with Crippen LogP contribution in [0.15, 0.2) is 0 Å². The van der Waals surface area contributed by atoms with Crippen LogP contribution in [-0.4, -0.2) is 62.2 Å². The van der Waals surface area contributed by atoms with Gasteiger partial charge in [-0.25, -0.2) is 0 Å². The highest BCUT2D eigenvalue weighted by atomic mass is 15.2. The van der Waals surface area contributed by atoms with Crippen LogP contribution in [0.25, 0.3) is 0 Å². The zero-order chi connectivity index (χ0) is 15.2. The fraction of sp³-hybridized carbons (Fsp3) is 1.00. The molecular weight excluding hydrogens is 246 g/mol. The maximum atomic E-state index is 3.66. The summed E-state index contributed by atoms with van der Waals surface area (Å²) in [6, 6.07) is 1.33. The molecule has 1 rings (SSSR count). The number of hydrogen-bond donors (Lipinski definition) is 1. The molecular formula is C17H37N3. The molecule has 1 aliphatic heterocycles. The second kappa shape index (κ2) is 8.35. The first-order valence-corrected chi connectivity index (χ1v) is 8.48. The summed E-state index contributed by atoms with van der Waals surface area (Å²) in [7, 11) is 4.44. The highest BCUT2D eigenvalue weighted by molar-refractivity contribution is 4.85. The Morgan fingerprint density at radius 3 is 2.60 bits per heavy atom. The molecule has 0 bridgehead atoms. The van der Waals surface area contributed by atoms with Crippen molar-refractivity contribution in [3.8, 4) is 0 Å². The number of likely N-dealkylation sites (tertiary alicyclic amines) is 1. The van der Waals surface area contributed by atoms with Gasteiger partial charge in [0.15, 0.2) is 0 Å². The van der Waals surface area contributed by atoms with Gasteiger partial charge >= 0.3 is 0 Å². The van der Waals surface area contributed by atoms with E-state index in [4.69, 9.17) is 0 Å². The summed E-state index contributed by atoms with van der Waals surface area (Å²) in [6.07, 6.45) is 5.30. The molecule has 120 valence electrons. The lowest BCUT2D eigenvalue weighted by Crippen LogP contribution is -2.50. The van der Waals surface area contributed by atoms with Gasteiger partial charge in [0.05, 0.1) is 0 Å². The lowest BCUT2D eigenvalue weighted by Gasteiger charge is -2.41. The van der Waals surface area contributed by atoms with Gasteiger partial charge in [0.2, 0.25) is 0 Å². The molecule has 0 aliphatic carbocycles. The summed E-state index contributed by atoms with van der Waals surface area (Å²) in [5.41, 5.74) is 0.410. The molecule has 3 nitrogen and oxygen atoms in total. The second-order valence-electron chi connectivity index (χ2n) is 7.59. The largest absolute Gasteiger partial charge is 0.314 e. The lowest BCUT2D eigenvalue weighted by atomic mass is 9.84. The predicted molar refractivity (Wildman–Crippen MR) is 89.3 cm³/mol. The summed E-state index contributed by atoms with van der Waals surface area (Å²) in [5.74, 6) is 0.